The van der Waals surface area contributed by atoms with E-state index in [1.54, 1.807) is 38.1 Å². The molecule has 1 aliphatic rings. The molecule has 1 atom stereocenters. The van der Waals surface area contributed by atoms with Crippen LogP contribution in [0.25, 0.3) is 11.4 Å². The Hall–Kier alpha value is -2.97. The number of benzene rings is 1. The second kappa shape index (κ2) is 9.11. The number of anilines is 1. The predicted octanol–water partition coefficient (Wildman–Crippen LogP) is 4.92. The van der Waals surface area contributed by atoms with Crippen LogP contribution in [0.4, 0.5) is 5.69 Å². The van der Waals surface area contributed by atoms with Crippen LogP contribution in [-0.2, 0) is 24.7 Å². The molecule has 1 aromatic carbocycles. The maximum atomic E-state index is 12.2. The largest absolute Gasteiger partial charge is 0.495 e. The normalized spacial score (nSPS) is 15.2. The van der Waals surface area contributed by atoms with Gasteiger partial charge in [-0.05, 0) is 32.1 Å². The Morgan fingerprint density at radius 2 is 1.94 bits per heavy atom. The summed E-state index contributed by atoms with van der Waals surface area (Å²) in [7, 11) is 4.95. The number of halogens is 2. The Labute approximate surface area is 201 Å². The number of carbonyl (C=O) groups is 1. The van der Waals surface area contributed by atoms with Crippen LogP contribution in [0, 0.1) is 0 Å². The zero-order valence-electron chi connectivity index (χ0n) is 18.9. The number of nitrogens with zero attached hydrogens (tertiary/aromatic N) is 3. The summed E-state index contributed by atoms with van der Waals surface area (Å²) >= 11 is 13.3. The minimum Gasteiger partial charge on any atom is -0.495 e. The van der Waals surface area contributed by atoms with E-state index in [2.05, 4.69) is 27.2 Å². The summed E-state index contributed by atoms with van der Waals surface area (Å²) in [4.78, 5) is 12.2. The lowest BCUT2D eigenvalue weighted by Gasteiger charge is -2.26. The van der Waals surface area contributed by atoms with Gasteiger partial charge >= 0.3 is 0 Å². The summed E-state index contributed by atoms with van der Waals surface area (Å²) in [6, 6.07) is 1.69. The van der Waals surface area contributed by atoms with E-state index < -0.39 is 0 Å². The molecule has 0 aliphatic heterocycles. The maximum absolute atomic E-state index is 12.2. The molecule has 2 N–H and O–H groups in total. The number of carbonyl (C=O) groups excluding carboxylic acids is 1. The fourth-order valence-electron chi connectivity index (χ4n) is 4.25. The molecule has 0 radical (unpaired) electrons. The summed E-state index contributed by atoms with van der Waals surface area (Å²) in [5.41, 5.74) is 5.40. The Morgan fingerprint density at radius 1 is 1.27 bits per heavy atom. The number of aryl methyl sites for hydroxylation is 1. The molecule has 0 spiro atoms. The van der Waals surface area contributed by atoms with Crippen LogP contribution in [-0.4, -0.2) is 40.1 Å². The van der Waals surface area contributed by atoms with Gasteiger partial charge in [0, 0.05) is 35.5 Å². The SMILES string of the molecule is C=C(C)C(=O)Nc1cnn(C)c1-c1n[nH]c2c1CCC(c1c(Cl)c(OC)cc(OC)c1Cl)C2. The molecular weight excluding hydrogens is 465 g/mol. The standard InChI is InChI=1S/C23H25Cl2N5O3/c1-11(2)23(31)27-15-10-26-30(3)22(15)21-13-7-6-12(8-14(13)28-29-21)18-19(24)16(32-4)9-17(33-5)20(18)25/h9-10,12H,1,6-8H2,2-5H3,(H,27,31)(H,28,29). The minimum atomic E-state index is -0.259. The van der Waals surface area contributed by atoms with E-state index in [1.165, 1.54) is 0 Å². The highest BCUT2D eigenvalue weighted by Gasteiger charge is 2.31. The van der Waals surface area contributed by atoms with Gasteiger partial charge in [-0.3, -0.25) is 14.6 Å². The van der Waals surface area contributed by atoms with Crippen molar-refractivity contribution in [2.45, 2.75) is 32.1 Å². The van der Waals surface area contributed by atoms with E-state index in [0.717, 1.165) is 41.1 Å². The van der Waals surface area contributed by atoms with Crippen LogP contribution in [0.15, 0.2) is 24.4 Å². The van der Waals surface area contributed by atoms with Gasteiger partial charge in [-0.25, -0.2) is 0 Å². The Kier molecular flexibility index (Phi) is 6.41. The molecule has 0 saturated heterocycles. The van der Waals surface area contributed by atoms with Gasteiger partial charge in [0.1, 0.15) is 22.9 Å². The number of hydrogen-bond donors (Lipinski definition) is 2. The van der Waals surface area contributed by atoms with Crippen LogP contribution in [0.3, 0.4) is 0 Å². The van der Waals surface area contributed by atoms with Gasteiger partial charge in [-0.1, -0.05) is 29.8 Å². The summed E-state index contributed by atoms with van der Waals surface area (Å²) in [6.07, 6.45) is 3.84. The second-order valence-electron chi connectivity index (χ2n) is 8.06. The predicted molar refractivity (Wildman–Crippen MR) is 129 cm³/mol. The molecule has 0 saturated carbocycles. The van der Waals surface area contributed by atoms with E-state index in [4.69, 9.17) is 32.7 Å². The van der Waals surface area contributed by atoms with Crippen molar-refractivity contribution in [3.05, 3.63) is 51.3 Å². The fourth-order valence-corrected chi connectivity index (χ4v) is 5.06. The quantitative estimate of drug-likeness (QED) is 0.479. The number of methoxy groups -OCH3 is 2. The first-order valence-corrected chi connectivity index (χ1v) is 11.2. The number of nitrogens with one attached hydrogen (secondary N) is 2. The highest BCUT2D eigenvalue weighted by molar-refractivity contribution is 6.38. The molecule has 1 aliphatic carbocycles. The van der Waals surface area contributed by atoms with Crippen molar-refractivity contribution in [3.63, 3.8) is 0 Å². The highest BCUT2D eigenvalue weighted by atomic mass is 35.5. The first kappa shape index (κ1) is 23.2. The van der Waals surface area contributed by atoms with Crippen LogP contribution in [0.2, 0.25) is 10.0 Å². The zero-order chi connectivity index (χ0) is 23.9. The number of fused-ring (bicyclic) bond motifs is 1. The Bertz CT molecular complexity index is 1220. The molecule has 2 heterocycles. The van der Waals surface area contributed by atoms with E-state index >= 15 is 0 Å². The molecule has 10 heteroatoms. The summed E-state index contributed by atoms with van der Waals surface area (Å²) < 4.78 is 12.6. The van der Waals surface area contributed by atoms with E-state index in [-0.39, 0.29) is 11.8 Å². The number of H-pyrrole nitrogens is 1. The van der Waals surface area contributed by atoms with Gasteiger partial charge in [0.05, 0.1) is 36.1 Å². The van der Waals surface area contributed by atoms with Crippen LogP contribution in [0.1, 0.15) is 36.1 Å². The topological polar surface area (TPSA) is 94.1 Å². The first-order chi connectivity index (χ1) is 15.8. The van der Waals surface area contributed by atoms with Crippen molar-refractivity contribution in [1.29, 1.82) is 0 Å². The maximum Gasteiger partial charge on any atom is 0.250 e. The number of amides is 1. The highest BCUT2D eigenvalue weighted by Crippen LogP contribution is 2.48. The zero-order valence-corrected chi connectivity index (χ0v) is 20.4. The molecule has 2 aromatic heterocycles. The van der Waals surface area contributed by atoms with Crippen molar-refractivity contribution in [1.82, 2.24) is 20.0 Å². The first-order valence-electron chi connectivity index (χ1n) is 10.4. The molecule has 1 amide bonds. The number of aromatic amines is 1. The van der Waals surface area contributed by atoms with E-state index in [0.29, 0.717) is 39.2 Å². The van der Waals surface area contributed by atoms with Crippen molar-refractivity contribution in [2.24, 2.45) is 7.05 Å². The lowest BCUT2D eigenvalue weighted by atomic mass is 9.82. The Morgan fingerprint density at radius 3 is 2.55 bits per heavy atom. The van der Waals surface area contributed by atoms with Gasteiger partial charge < -0.3 is 14.8 Å². The summed E-state index contributed by atoms with van der Waals surface area (Å²) in [5, 5.41) is 15.9. The third-order valence-electron chi connectivity index (χ3n) is 5.96. The van der Waals surface area contributed by atoms with Gasteiger partial charge in [0.25, 0.3) is 5.91 Å². The van der Waals surface area contributed by atoms with Crippen LogP contribution in [0.5, 0.6) is 11.5 Å². The molecule has 8 nitrogen and oxygen atoms in total. The molecule has 1 unspecified atom stereocenters. The second-order valence-corrected chi connectivity index (χ2v) is 8.81. The third kappa shape index (κ3) is 4.09. The van der Waals surface area contributed by atoms with Gasteiger partial charge in [0.2, 0.25) is 0 Å². The van der Waals surface area contributed by atoms with Crippen LogP contribution < -0.4 is 14.8 Å². The number of hydrogen-bond acceptors (Lipinski definition) is 5. The molecular formula is C23H25Cl2N5O3. The third-order valence-corrected chi connectivity index (χ3v) is 6.74. The fraction of sp³-hybridized carbons (Fsp3) is 0.348. The molecule has 174 valence electrons. The van der Waals surface area contributed by atoms with E-state index in [9.17, 15) is 4.79 Å². The van der Waals surface area contributed by atoms with E-state index in [1.807, 2.05) is 7.05 Å². The van der Waals surface area contributed by atoms with Crippen molar-refractivity contribution in [2.75, 3.05) is 19.5 Å². The average Bonchev–Trinajstić information content (AvgIpc) is 3.36. The number of rotatable bonds is 6. The summed E-state index contributed by atoms with van der Waals surface area (Å²) in [6.45, 7) is 5.35. The van der Waals surface area contributed by atoms with Gasteiger partial charge in [0.15, 0.2) is 0 Å². The number of aromatic nitrogens is 4. The molecule has 0 bridgehead atoms. The number of ether oxygens (including phenoxy) is 2. The minimum absolute atomic E-state index is 0.0592. The lowest BCUT2D eigenvalue weighted by molar-refractivity contribution is -0.112. The summed E-state index contributed by atoms with van der Waals surface area (Å²) in [5.74, 6) is 0.850. The Balaban J connectivity index is 1.70. The van der Waals surface area contributed by atoms with Crippen molar-refractivity contribution in [3.8, 4) is 22.9 Å². The molecule has 3 aromatic rings. The van der Waals surface area contributed by atoms with Crippen molar-refractivity contribution >= 4 is 34.8 Å². The van der Waals surface area contributed by atoms with Gasteiger partial charge in [-0.15, -0.1) is 0 Å². The molecule has 33 heavy (non-hydrogen) atoms. The molecule has 4 rings (SSSR count). The smallest absolute Gasteiger partial charge is 0.250 e. The van der Waals surface area contributed by atoms with Crippen molar-refractivity contribution < 1.29 is 14.3 Å². The monoisotopic (exact) mass is 489 g/mol. The van der Waals surface area contributed by atoms with Gasteiger partial charge in [-0.2, -0.15) is 10.2 Å². The lowest BCUT2D eigenvalue weighted by Crippen LogP contribution is -2.15. The van der Waals surface area contributed by atoms with Crippen LogP contribution >= 0.6 is 23.2 Å². The average molecular weight is 490 g/mol. The molecule has 0 fully saturated rings.